The predicted molar refractivity (Wildman–Crippen MR) is 254 cm³/mol. The number of esters is 1. The van der Waals surface area contributed by atoms with Crippen LogP contribution in [0.25, 0.3) is 11.0 Å². The maximum atomic E-state index is 15.2. The molecule has 11 rings (SSSR count). The van der Waals surface area contributed by atoms with Crippen LogP contribution in [0.1, 0.15) is 118 Å². The van der Waals surface area contributed by atoms with Crippen molar-refractivity contribution in [2.75, 3.05) is 19.7 Å². The molecule has 14 heteroatoms. The third-order valence-corrected chi connectivity index (χ3v) is 17.4. The van der Waals surface area contributed by atoms with Crippen molar-refractivity contribution in [3.05, 3.63) is 120 Å². The number of aryl methyl sites for hydroxylation is 1. The summed E-state index contributed by atoms with van der Waals surface area (Å²) in [5, 5.41) is 69.0. The number of likely N-dealkylation sites (N-methyl/N-ethyl adjacent to an activating group) is 1. The first-order valence-corrected chi connectivity index (χ1v) is 24.8. The molecule has 4 aliphatic heterocycles. The van der Waals surface area contributed by atoms with Gasteiger partial charge < -0.3 is 55.8 Å². The number of nitrogens with two attached hydrogens (primary N) is 1. The van der Waals surface area contributed by atoms with Crippen LogP contribution in [-0.4, -0.2) is 74.7 Å². The Morgan fingerprint density at radius 1 is 1.06 bits per heavy atom. The lowest BCUT2D eigenvalue weighted by atomic mass is 9.61. The van der Waals surface area contributed by atoms with E-state index in [2.05, 4.69) is 41.2 Å². The first-order chi connectivity index (χ1) is 32.8. The van der Waals surface area contributed by atoms with Gasteiger partial charge >= 0.3 is 5.97 Å². The van der Waals surface area contributed by atoms with E-state index in [0.717, 1.165) is 66.5 Å². The Kier molecular flexibility index (Phi) is 11.1. The van der Waals surface area contributed by atoms with Gasteiger partial charge in [-0.1, -0.05) is 24.6 Å². The molecule has 2 saturated carbocycles. The van der Waals surface area contributed by atoms with Crippen LogP contribution in [0.2, 0.25) is 0 Å². The number of allylic oxidation sites excluding steroid dienone is 5. The van der Waals surface area contributed by atoms with Gasteiger partial charge in [0.2, 0.25) is 0 Å². The molecule has 0 radical (unpaired) electrons. The van der Waals surface area contributed by atoms with E-state index in [1.807, 2.05) is 19.9 Å². The van der Waals surface area contributed by atoms with E-state index in [9.17, 15) is 30.3 Å². The molecule has 14 nitrogen and oxygen atoms in total. The number of carbonyl (C=O) groups excluding carboxylic acids is 1. The van der Waals surface area contributed by atoms with Crippen molar-refractivity contribution >= 4 is 16.9 Å². The van der Waals surface area contributed by atoms with Crippen LogP contribution in [0, 0.1) is 23.7 Å². The maximum absolute atomic E-state index is 15.2. The SMILES string of the molecule is CCNC1C=C2CCC3C4CCc5ccc(O)cc5C(CO)C(C5=CCNC(N)=C54)c4c5c(c(O)c6c(=O)cc(CO)oc46)CC(OC(=O)C4=C(C)CCC6CCCC46O)C(C)(O5)C3CC2=CN1. The second kappa shape index (κ2) is 16.9. The molecular formula is C54H64N4O10. The largest absolute Gasteiger partial charge is 0.508 e. The monoisotopic (exact) mass is 928 g/mol. The van der Waals surface area contributed by atoms with Gasteiger partial charge in [-0.3, -0.25) is 10.1 Å². The second-order valence-corrected chi connectivity index (χ2v) is 20.8. The summed E-state index contributed by atoms with van der Waals surface area (Å²) in [4.78, 5) is 29.6. The number of phenolic OH excluding ortho intramolecular Hbond substituents is 2. The zero-order valence-electron chi connectivity index (χ0n) is 39.1. The number of rotatable bonds is 6. The third-order valence-electron chi connectivity index (χ3n) is 17.4. The van der Waals surface area contributed by atoms with Gasteiger partial charge in [-0.25, -0.2) is 4.79 Å². The Morgan fingerprint density at radius 2 is 1.90 bits per heavy atom. The van der Waals surface area contributed by atoms with E-state index in [0.29, 0.717) is 61.2 Å². The van der Waals surface area contributed by atoms with E-state index in [4.69, 9.17) is 19.6 Å². The van der Waals surface area contributed by atoms with Crippen molar-refractivity contribution in [1.29, 1.82) is 0 Å². The van der Waals surface area contributed by atoms with Gasteiger partial charge in [0, 0.05) is 54.1 Å². The maximum Gasteiger partial charge on any atom is 0.337 e. The standard InChI is InChI=1S/C54H64N4O10/c1-4-56-42-19-28-10-13-33-34-14-9-27-8-12-31(61)20-36(27)38(25-60)43(35-15-17-57-51(55)44(34)35)46-49-37(48(63)45-40(62)21-32(24-59)66-50(45)46)22-41(53(3,68-49)39(33)18-29(28)23-58-42)67-52(64)47-26(2)7-11-30-6-5-16-54(30,47)65/h8,12,15,19-21,23,30,33-34,38-39,41-43,56-61,63,65H,4-7,9-11,13-14,16-18,22,24-25,55H2,1-3H3. The number of dihydropyridines is 2. The zero-order valence-corrected chi connectivity index (χ0v) is 39.1. The number of hydrogen-bond acceptors (Lipinski definition) is 14. The molecule has 10 atom stereocenters. The Hall–Kier alpha value is -5.54. The number of carbonyl (C=O) groups is 1. The second-order valence-electron chi connectivity index (χ2n) is 20.8. The van der Waals surface area contributed by atoms with Gasteiger partial charge in [0.05, 0.1) is 23.9 Å². The van der Waals surface area contributed by atoms with Crippen LogP contribution >= 0.6 is 0 Å². The van der Waals surface area contributed by atoms with E-state index in [1.54, 1.807) is 12.1 Å². The van der Waals surface area contributed by atoms with Crippen LogP contribution in [0.5, 0.6) is 17.2 Å². The van der Waals surface area contributed by atoms with Crippen LogP contribution in [0.4, 0.5) is 0 Å². The number of aliphatic hydroxyl groups excluding tert-OH is 2. The number of aliphatic hydroxyl groups is 3. The summed E-state index contributed by atoms with van der Waals surface area (Å²) >= 11 is 0. The van der Waals surface area contributed by atoms with Crippen LogP contribution in [0.15, 0.2) is 91.1 Å². The smallest absolute Gasteiger partial charge is 0.337 e. The number of aromatic hydroxyl groups is 2. The Balaban J connectivity index is 1.23. The van der Waals surface area contributed by atoms with Crippen LogP contribution in [0.3, 0.4) is 0 Å². The number of nitrogens with one attached hydrogen (secondary N) is 3. The van der Waals surface area contributed by atoms with Gasteiger partial charge in [-0.2, -0.15) is 0 Å². The number of phenols is 2. The highest BCUT2D eigenvalue weighted by molar-refractivity contribution is 5.93. The minimum absolute atomic E-state index is 0.00301. The molecule has 0 saturated heterocycles. The normalized spacial score (nSPS) is 32.7. The van der Waals surface area contributed by atoms with Crippen molar-refractivity contribution in [2.45, 2.75) is 133 Å². The molecule has 4 bridgehead atoms. The minimum Gasteiger partial charge on any atom is -0.508 e. The van der Waals surface area contributed by atoms with E-state index in [1.165, 1.54) is 11.6 Å². The number of ether oxygens (including phenoxy) is 2. The molecule has 360 valence electrons. The van der Waals surface area contributed by atoms with Gasteiger partial charge in [-0.15, -0.1) is 0 Å². The topological polar surface area (TPSA) is 229 Å². The fourth-order valence-corrected chi connectivity index (χ4v) is 14.3. The molecule has 2 aromatic carbocycles. The fourth-order valence-electron chi connectivity index (χ4n) is 14.3. The lowest BCUT2D eigenvalue weighted by Gasteiger charge is -2.52. The summed E-state index contributed by atoms with van der Waals surface area (Å²) < 4.78 is 21.2. The van der Waals surface area contributed by atoms with Gasteiger partial charge in [0.1, 0.15) is 58.1 Å². The average molecular weight is 929 g/mol. The molecule has 0 spiro atoms. The molecule has 4 aliphatic carbocycles. The molecule has 68 heavy (non-hydrogen) atoms. The van der Waals surface area contributed by atoms with Crippen LogP contribution < -0.4 is 31.8 Å². The Morgan fingerprint density at radius 3 is 2.69 bits per heavy atom. The Bertz CT molecular complexity index is 2840. The molecule has 1 aromatic heterocycles. The van der Waals surface area contributed by atoms with E-state index >= 15 is 4.79 Å². The average Bonchev–Trinajstić information content (AvgIpc) is 3.62. The fraction of sp³-hybridized carbons (Fsp3) is 0.519. The highest BCUT2D eigenvalue weighted by Crippen LogP contribution is 2.61. The molecule has 5 heterocycles. The third kappa shape index (κ3) is 6.86. The molecule has 3 aromatic rings. The lowest BCUT2D eigenvalue weighted by Crippen LogP contribution is -2.59. The summed E-state index contributed by atoms with van der Waals surface area (Å²) in [6, 6.07) is 6.47. The predicted octanol–water partition coefficient (Wildman–Crippen LogP) is 5.84. The van der Waals surface area contributed by atoms with Crippen molar-refractivity contribution in [3.8, 4) is 17.2 Å². The summed E-state index contributed by atoms with van der Waals surface area (Å²) in [6.45, 7) is 6.15. The quantitative estimate of drug-likeness (QED) is 0.132. The highest BCUT2D eigenvalue weighted by atomic mass is 16.6. The number of fused-ring (bicyclic) bond motifs is 10. The first-order valence-electron chi connectivity index (χ1n) is 24.8. The number of benzene rings is 2. The van der Waals surface area contributed by atoms with Crippen molar-refractivity contribution < 1.29 is 44.2 Å². The van der Waals surface area contributed by atoms with Crippen LogP contribution in [-0.2, 0) is 29.0 Å². The van der Waals surface area contributed by atoms with Gasteiger partial charge in [-0.05, 0) is 154 Å². The summed E-state index contributed by atoms with van der Waals surface area (Å²) in [5.41, 5.74) is 11.5. The van der Waals surface area contributed by atoms with Crippen molar-refractivity contribution in [3.63, 3.8) is 0 Å². The molecule has 2 fully saturated rings. The summed E-state index contributed by atoms with van der Waals surface area (Å²) in [5.74, 6) is -2.63. The summed E-state index contributed by atoms with van der Waals surface area (Å²) in [7, 11) is 0. The first kappa shape index (κ1) is 44.9. The van der Waals surface area contributed by atoms with E-state index in [-0.39, 0.29) is 75.8 Å². The Labute approximate surface area is 395 Å². The van der Waals surface area contributed by atoms with Gasteiger partial charge in [0.15, 0.2) is 5.43 Å². The molecule has 10 N–H and O–H groups in total. The van der Waals surface area contributed by atoms with Gasteiger partial charge in [0.25, 0.3) is 0 Å². The minimum atomic E-state index is -1.33. The highest BCUT2D eigenvalue weighted by Gasteiger charge is 2.59. The number of hydrogen-bond donors (Lipinski definition) is 9. The summed E-state index contributed by atoms with van der Waals surface area (Å²) in [6.07, 6.45) is 12.1. The van der Waals surface area contributed by atoms with Crippen molar-refractivity contribution in [1.82, 2.24) is 16.0 Å². The molecule has 10 unspecified atom stereocenters. The van der Waals surface area contributed by atoms with E-state index < -0.39 is 53.8 Å². The molecule has 8 aliphatic rings. The lowest BCUT2D eigenvalue weighted by molar-refractivity contribution is -0.172. The zero-order chi connectivity index (χ0) is 47.4. The molecule has 0 amide bonds. The van der Waals surface area contributed by atoms with Crippen molar-refractivity contribution in [2.24, 2.45) is 29.4 Å². The molecular weight excluding hydrogens is 865 g/mol.